The molecule has 1 unspecified atom stereocenters. The summed E-state index contributed by atoms with van der Waals surface area (Å²) in [5.41, 5.74) is 1.75. The third-order valence-electron chi connectivity index (χ3n) is 3.52. The van der Waals surface area contributed by atoms with E-state index in [0.29, 0.717) is 23.6 Å². The van der Waals surface area contributed by atoms with Crippen LogP contribution in [0.5, 0.6) is 11.5 Å². The number of benzene rings is 2. The zero-order valence-corrected chi connectivity index (χ0v) is 13.1. The second-order valence-electron chi connectivity index (χ2n) is 5.02. The molecule has 0 aliphatic rings. The first-order valence-corrected chi connectivity index (χ1v) is 7.19. The number of hydrogen-bond acceptors (Lipinski definition) is 4. The highest BCUT2D eigenvalue weighted by Crippen LogP contribution is 2.28. The molecule has 1 N–H and O–H groups in total. The van der Waals surface area contributed by atoms with Crippen molar-refractivity contribution in [3.63, 3.8) is 0 Å². The summed E-state index contributed by atoms with van der Waals surface area (Å²) in [7, 11) is 3.13. The van der Waals surface area contributed by atoms with Gasteiger partial charge < -0.3 is 14.8 Å². The van der Waals surface area contributed by atoms with Gasteiger partial charge in [-0.15, -0.1) is 0 Å². The van der Waals surface area contributed by atoms with Crippen LogP contribution >= 0.6 is 0 Å². The van der Waals surface area contributed by atoms with E-state index in [0.717, 1.165) is 5.56 Å². The van der Waals surface area contributed by atoms with Gasteiger partial charge in [-0.25, -0.2) is 0 Å². The lowest BCUT2D eigenvalue weighted by molar-refractivity contribution is 0.0950. The number of carbonyl (C=O) groups excluding carboxylic acids is 1. The van der Waals surface area contributed by atoms with Crippen molar-refractivity contribution in [1.29, 1.82) is 0 Å². The topological polar surface area (TPSA) is 47.6 Å². The van der Waals surface area contributed by atoms with Gasteiger partial charge in [0.1, 0.15) is 0 Å². The van der Waals surface area contributed by atoms with Crippen LogP contribution in [0.25, 0.3) is 0 Å². The maximum absolute atomic E-state index is 12.5. The Balaban J connectivity index is 2.04. The number of carbonyl (C=O) groups is 1. The highest BCUT2D eigenvalue weighted by atomic mass is 16.5. The Labute approximate surface area is 131 Å². The van der Waals surface area contributed by atoms with Crippen molar-refractivity contribution in [2.75, 3.05) is 14.2 Å². The fraction of sp³-hybridized carbons (Fsp3) is 0.278. The van der Waals surface area contributed by atoms with Crippen molar-refractivity contribution in [3.8, 4) is 11.5 Å². The van der Waals surface area contributed by atoms with E-state index in [9.17, 15) is 4.79 Å². The molecule has 0 saturated heterocycles. The molecule has 22 heavy (non-hydrogen) atoms. The van der Waals surface area contributed by atoms with E-state index in [1.165, 1.54) is 0 Å². The molecule has 2 aromatic carbocycles. The van der Waals surface area contributed by atoms with Crippen LogP contribution in [0.1, 0.15) is 22.8 Å². The lowest BCUT2D eigenvalue weighted by atomic mass is 10.0. The van der Waals surface area contributed by atoms with Crippen LogP contribution in [-0.4, -0.2) is 26.0 Å². The molecule has 0 spiro atoms. The second-order valence-corrected chi connectivity index (χ2v) is 5.02. The third-order valence-corrected chi connectivity index (χ3v) is 3.52. The van der Waals surface area contributed by atoms with Gasteiger partial charge in [0.25, 0.3) is 0 Å². The highest BCUT2D eigenvalue weighted by Gasteiger charge is 2.16. The predicted molar refractivity (Wildman–Crippen MR) is 86.6 cm³/mol. The van der Waals surface area contributed by atoms with Gasteiger partial charge in [0.15, 0.2) is 17.3 Å². The average Bonchev–Trinajstić information content (AvgIpc) is 2.59. The van der Waals surface area contributed by atoms with Crippen LogP contribution in [-0.2, 0) is 6.54 Å². The number of ketones is 1. The Hall–Kier alpha value is -2.33. The van der Waals surface area contributed by atoms with Gasteiger partial charge in [0, 0.05) is 12.1 Å². The SMILES string of the molecule is COc1ccc(C(=O)C(C)NCc2ccccc2)cc1OC. The summed E-state index contributed by atoms with van der Waals surface area (Å²) >= 11 is 0. The van der Waals surface area contributed by atoms with E-state index in [1.807, 2.05) is 37.3 Å². The molecule has 0 aromatic heterocycles. The Morgan fingerprint density at radius 3 is 2.36 bits per heavy atom. The largest absolute Gasteiger partial charge is 0.493 e. The molecule has 0 aliphatic heterocycles. The number of methoxy groups -OCH3 is 2. The van der Waals surface area contributed by atoms with Crippen LogP contribution in [0.4, 0.5) is 0 Å². The Morgan fingerprint density at radius 2 is 1.73 bits per heavy atom. The summed E-state index contributed by atoms with van der Waals surface area (Å²) in [4.78, 5) is 12.5. The molecule has 0 bridgehead atoms. The van der Waals surface area contributed by atoms with E-state index < -0.39 is 0 Å². The summed E-state index contributed by atoms with van der Waals surface area (Å²) in [6.45, 7) is 2.52. The predicted octanol–water partition coefficient (Wildman–Crippen LogP) is 3.06. The summed E-state index contributed by atoms with van der Waals surface area (Å²) in [5, 5.41) is 3.24. The fourth-order valence-electron chi connectivity index (χ4n) is 2.20. The van der Waals surface area contributed by atoms with Crippen molar-refractivity contribution in [2.45, 2.75) is 19.5 Å². The number of Topliss-reactive ketones (excluding diaryl/α,β-unsaturated/α-hetero) is 1. The quantitative estimate of drug-likeness (QED) is 0.798. The van der Waals surface area contributed by atoms with Gasteiger partial charge in [-0.05, 0) is 30.7 Å². The number of ether oxygens (including phenoxy) is 2. The standard InChI is InChI=1S/C18H21NO3/c1-13(19-12-14-7-5-4-6-8-14)18(20)15-9-10-16(21-2)17(11-15)22-3/h4-11,13,19H,12H2,1-3H3. The Bertz CT molecular complexity index is 625. The van der Waals surface area contributed by atoms with Gasteiger partial charge >= 0.3 is 0 Å². The minimum atomic E-state index is -0.279. The second kappa shape index (κ2) is 7.61. The summed E-state index contributed by atoms with van der Waals surface area (Å²) < 4.78 is 10.4. The maximum Gasteiger partial charge on any atom is 0.179 e. The zero-order valence-electron chi connectivity index (χ0n) is 13.1. The molecular weight excluding hydrogens is 278 g/mol. The van der Waals surface area contributed by atoms with Gasteiger partial charge in [-0.1, -0.05) is 30.3 Å². The van der Waals surface area contributed by atoms with E-state index in [2.05, 4.69) is 5.32 Å². The molecule has 0 saturated carbocycles. The van der Waals surface area contributed by atoms with Crippen LogP contribution in [0.2, 0.25) is 0 Å². The van der Waals surface area contributed by atoms with E-state index in [1.54, 1.807) is 32.4 Å². The maximum atomic E-state index is 12.5. The van der Waals surface area contributed by atoms with E-state index in [4.69, 9.17) is 9.47 Å². The minimum absolute atomic E-state index is 0.0249. The van der Waals surface area contributed by atoms with Crippen molar-refractivity contribution >= 4 is 5.78 Å². The van der Waals surface area contributed by atoms with E-state index in [-0.39, 0.29) is 11.8 Å². The summed E-state index contributed by atoms with van der Waals surface area (Å²) in [6, 6.07) is 14.9. The molecule has 4 heteroatoms. The molecule has 0 radical (unpaired) electrons. The van der Waals surface area contributed by atoms with Gasteiger partial charge in [0.2, 0.25) is 0 Å². The molecule has 2 aromatic rings. The molecule has 2 rings (SSSR count). The van der Waals surface area contributed by atoms with Crippen LogP contribution in [0.15, 0.2) is 48.5 Å². The van der Waals surface area contributed by atoms with Crippen molar-refractivity contribution in [1.82, 2.24) is 5.32 Å². The number of nitrogens with one attached hydrogen (secondary N) is 1. The normalized spacial score (nSPS) is 11.8. The molecule has 0 fully saturated rings. The molecule has 4 nitrogen and oxygen atoms in total. The smallest absolute Gasteiger partial charge is 0.179 e. The van der Waals surface area contributed by atoms with Crippen molar-refractivity contribution in [2.24, 2.45) is 0 Å². The number of hydrogen-bond donors (Lipinski definition) is 1. The van der Waals surface area contributed by atoms with Crippen LogP contribution < -0.4 is 14.8 Å². The molecule has 0 heterocycles. The zero-order chi connectivity index (χ0) is 15.9. The third kappa shape index (κ3) is 3.86. The first-order valence-electron chi connectivity index (χ1n) is 7.19. The van der Waals surface area contributed by atoms with Gasteiger partial charge in [-0.2, -0.15) is 0 Å². The molecule has 0 amide bonds. The molecular formula is C18H21NO3. The van der Waals surface area contributed by atoms with Crippen LogP contribution in [0.3, 0.4) is 0 Å². The molecule has 1 atom stereocenters. The lowest BCUT2D eigenvalue weighted by Gasteiger charge is -2.14. The van der Waals surface area contributed by atoms with Gasteiger partial charge in [0.05, 0.1) is 20.3 Å². The van der Waals surface area contributed by atoms with Crippen LogP contribution in [0, 0.1) is 0 Å². The average molecular weight is 299 g/mol. The van der Waals surface area contributed by atoms with Gasteiger partial charge in [-0.3, -0.25) is 4.79 Å². The Morgan fingerprint density at radius 1 is 1.05 bits per heavy atom. The number of rotatable bonds is 7. The summed E-state index contributed by atoms with van der Waals surface area (Å²) in [6.07, 6.45) is 0. The first kappa shape index (κ1) is 16.0. The Kier molecular flexibility index (Phi) is 5.55. The summed E-state index contributed by atoms with van der Waals surface area (Å²) in [5.74, 6) is 1.20. The molecule has 116 valence electrons. The minimum Gasteiger partial charge on any atom is -0.493 e. The van der Waals surface area contributed by atoms with Crippen molar-refractivity contribution in [3.05, 3.63) is 59.7 Å². The fourth-order valence-corrected chi connectivity index (χ4v) is 2.20. The first-order chi connectivity index (χ1) is 10.7. The lowest BCUT2D eigenvalue weighted by Crippen LogP contribution is -2.33. The molecule has 0 aliphatic carbocycles. The highest BCUT2D eigenvalue weighted by molar-refractivity contribution is 6.00. The van der Waals surface area contributed by atoms with Crippen molar-refractivity contribution < 1.29 is 14.3 Å². The van der Waals surface area contributed by atoms with E-state index >= 15 is 0 Å². The monoisotopic (exact) mass is 299 g/mol.